The van der Waals surface area contributed by atoms with E-state index in [0.29, 0.717) is 25.7 Å². The zero-order valence-corrected chi connectivity index (χ0v) is 60.6. The first kappa shape index (κ1) is 88.1. The van der Waals surface area contributed by atoms with Gasteiger partial charge in [0.1, 0.15) is 19.3 Å². The molecule has 0 saturated carbocycles. The second kappa shape index (κ2) is 60.7. The van der Waals surface area contributed by atoms with Gasteiger partial charge < -0.3 is 33.8 Å². The Morgan fingerprint density at radius 2 is 0.533 bits per heavy atom. The molecule has 0 fully saturated rings. The molecule has 0 aromatic carbocycles. The maximum absolute atomic E-state index is 13.0. The predicted molar refractivity (Wildman–Crippen MR) is 363 cm³/mol. The zero-order chi connectivity index (χ0) is 66.8. The molecule has 0 heterocycles. The van der Waals surface area contributed by atoms with E-state index in [9.17, 15) is 43.2 Å². The molecule has 0 bridgehead atoms. The lowest BCUT2D eigenvalue weighted by atomic mass is 9.99. The third kappa shape index (κ3) is 62.2. The number of ether oxygens (including phenoxy) is 4. The summed E-state index contributed by atoms with van der Waals surface area (Å²) in [5, 5.41) is 10.6. The van der Waals surface area contributed by atoms with Crippen LogP contribution in [0.5, 0.6) is 0 Å². The number of aliphatic hydroxyl groups excluding tert-OH is 1. The highest BCUT2D eigenvalue weighted by molar-refractivity contribution is 7.47. The summed E-state index contributed by atoms with van der Waals surface area (Å²) >= 11 is 0. The molecule has 0 aromatic rings. The topological polar surface area (TPSA) is 237 Å². The van der Waals surface area contributed by atoms with Crippen LogP contribution in [0.4, 0.5) is 0 Å². The maximum Gasteiger partial charge on any atom is 0.472 e. The third-order valence-electron chi connectivity index (χ3n) is 17.0. The summed E-state index contributed by atoms with van der Waals surface area (Å²) in [4.78, 5) is 72.6. The van der Waals surface area contributed by atoms with Crippen molar-refractivity contribution in [3.8, 4) is 0 Å². The highest BCUT2D eigenvalue weighted by Gasteiger charge is 2.30. The first-order valence-electron chi connectivity index (χ1n) is 36.8. The number of esters is 4. The number of phosphoric ester groups is 2. The molecule has 534 valence electrons. The van der Waals surface area contributed by atoms with Crippen LogP contribution < -0.4 is 0 Å². The fourth-order valence-corrected chi connectivity index (χ4v) is 12.2. The molecule has 19 heteroatoms. The molecule has 0 aromatic heterocycles. The van der Waals surface area contributed by atoms with Crippen molar-refractivity contribution in [3.05, 3.63) is 0 Å². The molecular weight excluding hydrogens is 1190 g/mol. The molecule has 17 nitrogen and oxygen atoms in total. The first-order chi connectivity index (χ1) is 43.2. The van der Waals surface area contributed by atoms with Gasteiger partial charge in [-0.15, -0.1) is 0 Å². The molecule has 0 aliphatic heterocycles. The smallest absolute Gasteiger partial charge is 0.462 e. The Hall–Kier alpha value is -1.94. The van der Waals surface area contributed by atoms with Crippen LogP contribution in [-0.2, 0) is 65.4 Å². The van der Waals surface area contributed by atoms with Crippen molar-refractivity contribution in [2.45, 2.75) is 369 Å². The van der Waals surface area contributed by atoms with Crippen molar-refractivity contribution >= 4 is 39.5 Å². The summed E-state index contributed by atoms with van der Waals surface area (Å²) in [6.45, 7) is 14.1. The van der Waals surface area contributed by atoms with E-state index >= 15 is 0 Å². The predicted octanol–water partition coefficient (Wildman–Crippen LogP) is 20.1. The van der Waals surface area contributed by atoms with E-state index in [4.69, 9.17) is 37.0 Å². The van der Waals surface area contributed by atoms with E-state index in [1.807, 2.05) is 0 Å². The summed E-state index contributed by atoms with van der Waals surface area (Å²) in [5.74, 6) is 0.904. The molecule has 0 spiro atoms. The Morgan fingerprint density at radius 1 is 0.311 bits per heavy atom. The standard InChI is InChI=1S/C71H138O17P2/c1-9-63(7)49-41-33-25-18-15-16-20-27-37-45-53-70(75)87-66(57-81-68(73)51-43-35-26-19-14-12-11-13-17-23-31-39-47-61(3)4)59-85-89(77,78)83-55-65(72)56-84-90(79,80)86-60-67(58-82-69(74)52-44-36-30-29-34-42-50-64(8)10-2)88-71(76)54-46-38-28-22-21-24-32-40-48-62(5)6/h61-67,72H,9-60H2,1-8H3,(H,77,78)(H,79,80)/t63?,64?,65-,66-,67-/m1/s1. The fourth-order valence-electron chi connectivity index (χ4n) is 10.6. The number of rotatable bonds is 68. The van der Waals surface area contributed by atoms with Crippen LogP contribution in [-0.4, -0.2) is 96.7 Å². The largest absolute Gasteiger partial charge is 0.472 e. The Kier molecular flexibility index (Phi) is 59.4. The Morgan fingerprint density at radius 3 is 0.789 bits per heavy atom. The molecule has 0 aliphatic rings. The Labute approximate surface area is 549 Å². The minimum absolute atomic E-state index is 0.103. The second-order valence-electron chi connectivity index (χ2n) is 27.1. The van der Waals surface area contributed by atoms with Gasteiger partial charge in [-0.2, -0.15) is 0 Å². The molecule has 4 unspecified atom stereocenters. The molecule has 0 rings (SSSR count). The average Bonchev–Trinajstić information content (AvgIpc) is 3.72. The second-order valence-corrected chi connectivity index (χ2v) is 30.0. The van der Waals surface area contributed by atoms with Gasteiger partial charge in [-0.1, -0.05) is 299 Å². The summed E-state index contributed by atoms with van der Waals surface area (Å²) in [6, 6.07) is 0. The average molecular weight is 1330 g/mol. The van der Waals surface area contributed by atoms with E-state index in [0.717, 1.165) is 120 Å². The van der Waals surface area contributed by atoms with Gasteiger partial charge in [0.15, 0.2) is 12.2 Å². The molecule has 0 aliphatic carbocycles. The summed E-state index contributed by atoms with van der Waals surface area (Å²) < 4.78 is 68.3. The van der Waals surface area contributed by atoms with Crippen LogP contribution in [0.25, 0.3) is 0 Å². The number of carbonyl (C=O) groups is 4. The van der Waals surface area contributed by atoms with Gasteiger partial charge in [0.25, 0.3) is 0 Å². The lowest BCUT2D eigenvalue weighted by Crippen LogP contribution is -2.30. The van der Waals surface area contributed by atoms with Gasteiger partial charge >= 0.3 is 39.5 Å². The van der Waals surface area contributed by atoms with Crippen molar-refractivity contribution in [3.63, 3.8) is 0 Å². The van der Waals surface area contributed by atoms with Gasteiger partial charge in [0.05, 0.1) is 26.4 Å². The monoisotopic (exact) mass is 1320 g/mol. The van der Waals surface area contributed by atoms with Crippen molar-refractivity contribution in [2.24, 2.45) is 23.7 Å². The number of hydrogen-bond acceptors (Lipinski definition) is 15. The number of hydrogen-bond donors (Lipinski definition) is 3. The molecule has 3 N–H and O–H groups in total. The van der Waals surface area contributed by atoms with Gasteiger partial charge in [-0.3, -0.25) is 37.3 Å². The van der Waals surface area contributed by atoms with Gasteiger partial charge in [0.2, 0.25) is 0 Å². The van der Waals surface area contributed by atoms with Crippen LogP contribution in [0.1, 0.15) is 351 Å². The molecule has 7 atom stereocenters. The van der Waals surface area contributed by atoms with Crippen LogP contribution >= 0.6 is 15.6 Å². The van der Waals surface area contributed by atoms with E-state index in [2.05, 4.69) is 55.4 Å². The number of aliphatic hydroxyl groups is 1. The van der Waals surface area contributed by atoms with Crippen molar-refractivity contribution in [1.82, 2.24) is 0 Å². The highest BCUT2D eigenvalue weighted by atomic mass is 31.2. The van der Waals surface area contributed by atoms with E-state index in [-0.39, 0.29) is 25.7 Å². The maximum atomic E-state index is 13.0. The number of unbranched alkanes of at least 4 members (excludes halogenated alkanes) is 32. The lowest BCUT2D eigenvalue weighted by Gasteiger charge is -2.21. The minimum Gasteiger partial charge on any atom is -0.462 e. The van der Waals surface area contributed by atoms with Gasteiger partial charge in [0, 0.05) is 25.7 Å². The molecule has 0 amide bonds. The van der Waals surface area contributed by atoms with Crippen molar-refractivity contribution < 1.29 is 80.2 Å². The van der Waals surface area contributed by atoms with Gasteiger partial charge in [-0.25, -0.2) is 9.13 Å². The van der Waals surface area contributed by atoms with Crippen LogP contribution in [0.3, 0.4) is 0 Å². The number of phosphoric acid groups is 2. The highest BCUT2D eigenvalue weighted by Crippen LogP contribution is 2.45. The third-order valence-corrected chi connectivity index (χ3v) is 18.9. The van der Waals surface area contributed by atoms with Crippen LogP contribution in [0, 0.1) is 23.7 Å². The summed E-state index contributed by atoms with van der Waals surface area (Å²) in [7, 11) is -9.90. The van der Waals surface area contributed by atoms with Crippen LogP contribution in [0.2, 0.25) is 0 Å². The van der Waals surface area contributed by atoms with E-state index < -0.39 is 97.5 Å². The molecule has 90 heavy (non-hydrogen) atoms. The lowest BCUT2D eigenvalue weighted by molar-refractivity contribution is -0.161. The summed E-state index contributed by atoms with van der Waals surface area (Å²) in [5.41, 5.74) is 0. The van der Waals surface area contributed by atoms with E-state index in [1.165, 1.54) is 148 Å². The minimum atomic E-state index is -4.95. The summed E-state index contributed by atoms with van der Waals surface area (Å²) in [6.07, 6.45) is 43.0. The Bertz CT molecular complexity index is 1790. The molecule has 0 saturated heterocycles. The molecular formula is C71H138O17P2. The zero-order valence-electron chi connectivity index (χ0n) is 58.8. The Balaban J connectivity index is 5.26. The normalized spacial score (nSPS) is 14.9. The van der Waals surface area contributed by atoms with Crippen molar-refractivity contribution in [1.29, 1.82) is 0 Å². The number of carbonyl (C=O) groups excluding carboxylic acids is 4. The van der Waals surface area contributed by atoms with Gasteiger partial charge in [-0.05, 0) is 49.4 Å². The SMILES string of the molecule is CCC(C)CCCCCCCCCCCCC(=O)O[C@H](COC(=O)CCCCCCCCCCCCCCC(C)C)COP(=O)(O)OC[C@@H](O)COP(=O)(O)OC[C@@H](COC(=O)CCCCCCCCC(C)CC)OC(=O)CCCCCCCCCCC(C)C. The fraction of sp³-hybridized carbons (Fsp3) is 0.944. The molecule has 0 radical (unpaired) electrons. The van der Waals surface area contributed by atoms with E-state index in [1.54, 1.807) is 0 Å². The first-order valence-corrected chi connectivity index (χ1v) is 39.8. The quantitative estimate of drug-likeness (QED) is 0.0222. The van der Waals surface area contributed by atoms with Crippen molar-refractivity contribution in [2.75, 3.05) is 39.6 Å². The van der Waals surface area contributed by atoms with Crippen LogP contribution in [0.15, 0.2) is 0 Å².